The van der Waals surface area contributed by atoms with Crippen LogP contribution in [0.2, 0.25) is 0 Å². The summed E-state index contributed by atoms with van der Waals surface area (Å²) in [5.74, 6) is 1.49. The van der Waals surface area contributed by atoms with E-state index in [1.807, 2.05) is 45.0 Å². The molecule has 0 aliphatic rings. The molecule has 1 aromatic carbocycles. The standard InChI is InChI=1S/C21H26N6O3S/c1-21(2,3)24-18(28)13-30-16-6-5-14(11-17(16)29-4)12-23-27-19(25-26-20(27)31)15-7-9-22-10-8-15/h5-11,23H,12-13H2,1-4H3,(H,24,28)(H,26,31). The zero-order chi connectivity index (χ0) is 22.4. The lowest BCUT2D eigenvalue weighted by molar-refractivity contribution is -0.124. The van der Waals surface area contributed by atoms with Gasteiger partial charge in [-0.1, -0.05) is 6.07 Å². The number of pyridine rings is 1. The van der Waals surface area contributed by atoms with Crippen molar-refractivity contribution in [3.63, 3.8) is 0 Å². The number of nitrogens with one attached hydrogen (secondary N) is 3. The largest absolute Gasteiger partial charge is 0.493 e. The van der Waals surface area contributed by atoms with Crippen molar-refractivity contribution in [2.45, 2.75) is 32.9 Å². The number of hydrogen-bond donors (Lipinski definition) is 3. The molecule has 3 aromatic rings. The van der Waals surface area contributed by atoms with Crippen LogP contribution in [0, 0.1) is 4.77 Å². The Kier molecular flexibility index (Phi) is 6.91. The van der Waals surface area contributed by atoms with Crippen molar-refractivity contribution in [3.8, 4) is 22.9 Å². The Morgan fingerprint density at radius 3 is 2.61 bits per heavy atom. The monoisotopic (exact) mass is 442 g/mol. The molecule has 0 saturated heterocycles. The van der Waals surface area contributed by atoms with Crippen LogP contribution in [0.15, 0.2) is 42.7 Å². The number of H-pyrrole nitrogens is 1. The van der Waals surface area contributed by atoms with Crippen LogP contribution in [0.4, 0.5) is 0 Å². The first-order chi connectivity index (χ1) is 14.8. The fourth-order valence-electron chi connectivity index (χ4n) is 2.85. The van der Waals surface area contributed by atoms with E-state index in [0.717, 1.165) is 11.1 Å². The van der Waals surface area contributed by atoms with Crippen LogP contribution in [-0.2, 0) is 11.3 Å². The van der Waals surface area contributed by atoms with Crippen molar-refractivity contribution in [1.82, 2.24) is 25.2 Å². The van der Waals surface area contributed by atoms with Crippen LogP contribution >= 0.6 is 12.2 Å². The lowest BCUT2D eigenvalue weighted by atomic mass is 10.1. The lowest BCUT2D eigenvalue weighted by Gasteiger charge is -2.20. The number of nitrogens with zero attached hydrogens (tertiary/aromatic N) is 3. The van der Waals surface area contributed by atoms with Gasteiger partial charge < -0.3 is 20.2 Å². The maximum atomic E-state index is 12.0. The van der Waals surface area contributed by atoms with Gasteiger partial charge in [0.25, 0.3) is 5.91 Å². The summed E-state index contributed by atoms with van der Waals surface area (Å²) in [4.78, 5) is 16.0. The highest BCUT2D eigenvalue weighted by Gasteiger charge is 2.15. The van der Waals surface area contributed by atoms with E-state index in [1.54, 1.807) is 30.2 Å². The Morgan fingerprint density at radius 2 is 1.94 bits per heavy atom. The SMILES string of the molecule is COc1cc(CNn2c(-c3ccncc3)n[nH]c2=S)ccc1OCC(=O)NC(C)(C)C. The predicted octanol–water partition coefficient (Wildman–Crippen LogP) is 3.05. The molecule has 0 fully saturated rings. The number of carbonyl (C=O) groups is 1. The Balaban J connectivity index is 1.68. The van der Waals surface area contributed by atoms with Crippen LogP contribution in [0.25, 0.3) is 11.4 Å². The number of aromatic amines is 1. The molecule has 1 amide bonds. The van der Waals surface area contributed by atoms with Gasteiger partial charge in [-0.2, -0.15) is 5.10 Å². The summed E-state index contributed by atoms with van der Waals surface area (Å²) < 4.78 is 13.2. The van der Waals surface area contributed by atoms with Gasteiger partial charge in [-0.3, -0.25) is 9.78 Å². The fraction of sp³-hybridized carbons (Fsp3) is 0.333. The van der Waals surface area contributed by atoms with E-state index in [9.17, 15) is 4.79 Å². The van der Waals surface area contributed by atoms with Gasteiger partial charge in [-0.25, -0.2) is 9.77 Å². The van der Waals surface area contributed by atoms with Gasteiger partial charge in [0.05, 0.1) is 13.7 Å². The summed E-state index contributed by atoms with van der Waals surface area (Å²) in [5.41, 5.74) is 4.76. The molecule has 2 aromatic heterocycles. The smallest absolute Gasteiger partial charge is 0.258 e. The van der Waals surface area contributed by atoms with E-state index in [-0.39, 0.29) is 18.1 Å². The quantitative estimate of drug-likeness (QED) is 0.460. The van der Waals surface area contributed by atoms with Crippen molar-refractivity contribution < 1.29 is 14.3 Å². The van der Waals surface area contributed by atoms with Crippen LogP contribution in [0.5, 0.6) is 11.5 Å². The number of methoxy groups -OCH3 is 1. The van der Waals surface area contributed by atoms with Gasteiger partial charge in [0.2, 0.25) is 4.77 Å². The zero-order valence-corrected chi connectivity index (χ0v) is 18.7. The molecule has 0 spiro atoms. The molecule has 31 heavy (non-hydrogen) atoms. The van der Waals surface area contributed by atoms with Crippen molar-refractivity contribution in [1.29, 1.82) is 0 Å². The van der Waals surface area contributed by atoms with Crippen molar-refractivity contribution in [2.75, 3.05) is 19.1 Å². The van der Waals surface area contributed by atoms with E-state index in [2.05, 4.69) is 25.9 Å². The summed E-state index contributed by atoms with van der Waals surface area (Å²) in [6, 6.07) is 9.23. The van der Waals surface area contributed by atoms with Gasteiger partial charge in [0.15, 0.2) is 23.9 Å². The molecular weight excluding hydrogens is 416 g/mol. The average Bonchev–Trinajstić information content (AvgIpc) is 3.10. The number of aromatic nitrogens is 4. The maximum Gasteiger partial charge on any atom is 0.258 e. The van der Waals surface area contributed by atoms with Gasteiger partial charge in [-0.15, -0.1) is 0 Å². The van der Waals surface area contributed by atoms with Gasteiger partial charge in [0.1, 0.15) is 0 Å². The molecule has 0 unspecified atom stereocenters. The molecule has 0 aliphatic heterocycles. The van der Waals surface area contributed by atoms with E-state index in [4.69, 9.17) is 21.7 Å². The molecule has 3 rings (SSSR count). The van der Waals surface area contributed by atoms with Crippen molar-refractivity contribution in [3.05, 3.63) is 53.1 Å². The minimum Gasteiger partial charge on any atom is -0.493 e. The molecule has 0 aliphatic carbocycles. The van der Waals surface area contributed by atoms with Crippen LogP contribution < -0.4 is 20.2 Å². The van der Waals surface area contributed by atoms with Crippen molar-refractivity contribution in [2.24, 2.45) is 0 Å². The Bertz CT molecular complexity index is 1090. The van der Waals surface area contributed by atoms with E-state index >= 15 is 0 Å². The molecule has 3 N–H and O–H groups in total. The summed E-state index contributed by atoms with van der Waals surface area (Å²) >= 11 is 5.34. The minimum absolute atomic E-state index is 0.0926. The topological polar surface area (TPSA) is 106 Å². The lowest BCUT2D eigenvalue weighted by Crippen LogP contribution is -2.43. The van der Waals surface area contributed by atoms with Crippen molar-refractivity contribution >= 4 is 18.1 Å². The van der Waals surface area contributed by atoms with E-state index in [1.165, 1.54) is 0 Å². The third-order valence-electron chi connectivity index (χ3n) is 4.15. The molecule has 164 valence electrons. The highest BCUT2D eigenvalue weighted by Crippen LogP contribution is 2.28. The Labute approximate surface area is 185 Å². The molecular formula is C21H26N6O3S. The van der Waals surface area contributed by atoms with E-state index < -0.39 is 0 Å². The molecule has 2 heterocycles. The number of rotatable bonds is 8. The van der Waals surface area contributed by atoms with Crippen LogP contribution in [-0.4, -0.2) is 45.0 Å². The number of benzene rings is 1. The first-order valence-corrected chi connectivity index (χ1v) is 10.1. The minimum atomic E-state index is -0.316. The first-order valence-electron chi connectivity index (χ1n) is 9.69. The number of hydrogen-bond acceptors (Lipinski definition) is 7. The van der Waals surface area contributed by atoms with Gasteiger partial charge >= 0.3 is 0 Å². The third kappa shape index (κ3) is 6.05. The predicted molar refractivity (Wildman–Crippen MR) is 120 cm³/mol. The fourth-order valence-corrected chi connectivity index (χ4v) is 3.04. The second kappa shape index (κ2) is 9.61. The Hall–Kier alpha value is -3.40. The summed E-state index contributed by atoms with van der Waals surface area (Å²) in [6.07, 6.45) is 3.39. The maximum absolute atomic E-state index is 12.0. The van der Waals surface area contributed by atoms with E-state index in [0.29, 0.717) is 28.6 Å². The highest BCUT2D eigenvalue weighted by atomic mass is 32.1. The van der Waals surface area contributed by atoms with Crippen LogP contribution in [0.1, 0.15) is 26.3 Å². The number of ether oxygens (including phenoxy) is 2. The summed E-state index contributed by atoms with van der Waals surface area (Å²) in [5, 5.41) is 9.94. The van der Waals surface area contributed by atoms with Crippen LogP contribution in [0.3, 0.4) is 0 Å². The molecule has 0 saturated carbocycles. The Morgan fingerprint density at radius 1 is 1.19 bits per heavy atom. The molecule has 9 nitrogen and oxygen atoms in total. The summed E-state index contributed by atoms with van der Waals surface area (Å²) in [7, 11) is 1.56. The molecule has 0 bridgehead atoms. The normalized spacial score (nSPS) is 11.1. The summed E-state index contributed by atoms with van der Waals surface area (Å²) in [6.45, 7) is 6.12. The first kappa shape index (κ1) is 22.3. The van der Waals surface area contributed by atoms with Gasteiger partial charge in [0, 0.05) is 23.5 Å². The number of carbonyl (C=O) groups excluding carboxylic acids is 1. The zero-order valence-electron chi connectivity index (χ0n) is 17.9. The molecule has 0 radical (unpaired) electrons. The second-order valence-electron chi connectivity index (χ2n) is 7.83. The third-order valence-corrected chi connectivity index (χ3v) is 4.43. The molecule has 0 atom stereocenters. The second-order valence-corrected chi connectivity index (χ2v) is 8.22. The average molecular weight is 443 g/mol. The highest BCUT2D eigenvalue weighted by molar-refractivity contribution is 7.71. The molecule has 10 heteroatoms. The number of amides is 1. The van der Waals surface area contributed by atoms with Gasteiger partial charge in [-0.05, 0) is 62.8 Å².